The Kier molecular flexibility index (Phi) is 3.57. The normalized spacial score (nSPS) is 10.3. The Labute approximate surface area is 109 Å². The average molecular weight is 262 g/mol. The molecule has 6 heteroatoms. The molecule has 0 bridgehead atoms. The molecule has 0 atom stereocenters. The summed E-state index contributed by atoms with van der Waals surface area (Å²) in [5, 5.41) is 0. The summed E-state index contributed by atoms with van der Waals surface area (Å²) in [7, 11) is 1.76. The van der Waals surface area contributed by atoms with Gasteiger partial charge in [-0.25, -0.2) is 9.97 Å². The number of anilines is 1. The van der Waals surface area contributed by atoms with Crippen molar-refractivity contribution in [1.82, 2.24) is 14.9 Å². The van der Waals surface area contributed by atoms with Crippen LogP contribution in [-0.4, -0.2) is 27.8 Å². The minimum Gasteiger partial charge on any atom is -0.384 e. The van der Waals surface area contributed by atoms with Gasteiger partial charge in [-0.15, -0.1) is 11.3 Å². The lowest BCUT2D eigenvalue weighted by Gasteiger charge is -2.16. The second kappa shape index (κ2) is 5.14. The Morgan fingerprint density at radius 2 is 2.22 bits per heavy atom. The van der Waals surface area contributed by atoms with E-state index in [1.807, 2.05) is 6.92 Å². The van der Waals surface area contributed by atoms with Crippen LogP contribution in [0.15, 0.2) is 23.8 Å². The van der Waals surface area contributed by atoms with Crippen molar-refractivity contribution in [2.45, 2.75) is 13.5 Å². The van der Waals surface area contributed by atoms with Crippen LogP contribution < -0.4 is 5.73 Å². The van der Waals surface area contributed by atoms with E-state index in [4.69, 9.17) is 5.73 Å². The van der Waals surface area contributed by atoms with Crippen molar-refractivity contribution in [1.29, 1.82) is 0 Å². The van der Waals surface area contributed by atoms with Crippen molar-refractivity contribution in [3.63, 3.8) is 0 Å². The van der Waals surface area contributed by atoms with Crippen molar-refractivity contribution in [2.24, 2.45) is 0 Å². The van der Waals surface area contributed by atoms with Crippen molar-refractivity contribution in [3.05, 3.63) is 40.0 Å². The van der Waals surface area contributed by atoms with Gasteiger partial charge in [0.2, 0.25) is 0 Å². The topological polar surface area (TPSA) is 72.1 Å². The predicted molar refractivity (Wildman–Crippen MR) is 71.3 cm³/mol. The highest BCUT2D eigenvalue weighted by molar-refractivity contribution is 7.09. The molecule has 0 fully saturated rings. The average Bonchev–Trinajstić information content (AvgIpc) is 2.75. The number of nitrogens with zero attached hydrogens (tertiary/aromatic N) is 3. The third kappa shape index (κ3) is 2.65. The molecule has 18 heavy (non-hydrogen) atoms. The van der Waals surface area contributed by atoms with Crippen LogP contribution in [0.5, 0.6) is 0 Å². The van der Waals surface area contributed by atoms with Crippen molar-refractivity contribution >= 4 is 23.1 Å². The molecule has 0 saturated heterocycles. The fourth-order valence-electron chi connectivity index (χ4n) is 1.52. The van der Waals surface area contributed by atoms with Gasteiger partial charge >= 0.3 is 0 Å². The van der Waals surface area contributed by atoms with E-state index in [9.17, 15) is 4.79 Å². The van der Waals surface area contributed by atoms with Crippen molar-refractivity contribution < 1.29 is 4.79 Å². The van der Waals surface area contributed by atoms with E-state index in [0.717, 1.165) is 10.6 Å². The molecule has 0 spiro atoms. The van der Waals surface area contributed by atoms with Crippen molar-refractivity contribution in [3.8, 4) is 0 Å². The van der Waals surface area contributed by atoms with Crippen LogP contribution in [0, 0.1) is 6.92 Å². The molecule has 1 amide bonds. The summed E-state index contributed by atoms with van der Waals surface area (Å²) in [4.78, 5) is 22.9. The maximum absolute atomic E-state index is 12.1. The zero-order chi connectivity index (χ0) is 13.1. The second-order valence-electron chi connectivity index (χ2n) is 3.99. The molecule has 2 N–H and O–H groups in total. The smallest absolute Gasteiger partial charge is 0.255 e. The van der Waals surface area contributed by atoms with E-state index < -0.39 is 0 Å². The maximum atomic E-state index is 12.1. The number of thiazole rings is 1. The Morgan fingerprint density at radius 1 is 1.44 bits per heavy atom. The number of amides is 1. The number of rotatable bonds is 3. The maximum Gasteiger partial charge on any atom is 0.255 e. The van der Waals surface area contributed by atoms with Gasteiger partial charge in [0.15, 0.2) is 0 Å². The minimum absolute atomic E-state index is 0.0738. The highest BCUT2D eigenvalue weighted by Crippen LogP contribution is 2.15. The van der Waals surface area contributed by atoms with Gasteiger partial charge in [-0.3, -0.25) is 4.79 Å². The molecule has 2 aromatic heterocycles. The predicted octanol–water partition coefficient (Wildman–Crippen LogP) is 1.70. The number of aromatic nitrogens is 2. The van der Waals surface area contributed by atoms with Gasteiger partial charge in [0, 0.05) is 18.1 Å². The fraction of sp³-hybridized carbons (Fsp3) is 0.250. The molecule has 2 rings (SSSR count). The lowest BCUT2D eigenvalue weighted by atomic mass is 10.2. The lowest BCUT2D eigenvalue weighted by molar-refractivity contribution is 0.0786. The molecular weight excluding hydrogens is 248 g/mol. The van der Waals surface area contributed by atoms with Gasteiger partial charge < -0.3 is 10.6 Å². The first-order valence-electron chi connectivity index (χ1n) is 5.44. The van der Waals surface area contributed by atoms with Gasteiger partial charge in [0.25, 0.3) is 5.91 Å². The number of hydrogen-bond donors (Lipinski definition) is 1. The Morgan fingerprint density at radius 3 is 2.78 bits per heavy atom. The summed E-state index contributed by atoms with van der Waals surface area (Å²) in [5.74, 6) is 0.336. The standard InChI is InChI=1S/C12H14N4OS/c1-8-10(18-7-15-8)6-16(2)12(17)9-3-4-11(13)14-5-9/h3-5,7H,6H2,1-2H3,(H2,13,14). The van der Waals surface area contributed by atoms with E-state index in [0.29, 0.717) is 17.9 Å². The van der Waals surface area contributed by atoms with E-state index in [1.165, 1.54) is 6.20 Å². The number of nitrogen functional groups attached to an aromatic ring is 1. The summed E-state index contributed by atoms with van der Waals surface area (Å²) < 4.78 is 0. The summed E-state index contributed by atoms with van der Waals surface area (Å²) in [5.41, 5.74) is 8.78. The second-order valence-corrected chi connectivity index (χ2v) is 4.93. The van der Waals surface area contributed by atoms with Crippen LogP contribution in [0.2, 0.25) is 0 Å². The summed E-state index contributed by atoms with van der Waals surface area (Å²) in [6, 6.07) is 3.31. The van der Waals surface area contributed by atoms with Crippen LogP contribution >= 0.6 is 11.3 Å². The molecule has 94 valence electrons. The monoisotopic (exact) mass is 262 g/mol. The quantitative estimate of drug-likeness (QED) is 0.913. The van der Waals surface area contributed by atoms with Crippen LogP contribution in [-0.2, 0) is 6.54 Å². The molecule has 0 radical (unpaired) electrons. The zero-order valence-corrected chi connectivity index (χ0v) is 11.1. The molecule has 0 saturated carbocycles. The highest BCUT2D eigenvalue weighted by atomic mass is 32.1. The van der Waals surface area contributed by atoms with E-state index in [1.54, 1.807) is 40.9 Å². The Bertz CT molecular complexity index is 549. The molecule has 0 aliphatic rings. The first kappa shape index (κ1) is 12.5. The Balaban J connectivity index is 2.09. The van der Waals surface area contributed by atoms with Crippen LogP contribution in [0.3, 0.4) is 0 Å². The molecule has 2 heterocycles. The van der Waals surface area contributed by atoms with Gasteiger partial charge in [-0.05, 0) is 19.1 Å². The molecule has 0 aromatic carbocycles. The van der Waals surface area contributed by atoms with E-state index in [2.05, 4.69) is 9.97 Å². The first-order valence-corrected chi connectivity index (χ1v) is 6.32. The highest BCUT2D eigenvalue weighted by Gasteiger charge is 2.14. The molecule has 0 unspecified atom stereocenters. The lowest BCUT2D eigenvalue weighted by Crippen LogP contribution is -2.26. The van der Waals surface area contributed by atoms with E-state index in [-0.39, 0.29) is 5.91 Å². The molecule has 0 aliphatic heterocycles. The summed E-state index contributed by atoms with van der Waals surface area (Å²) in [6.07, 6.45) is 1.49. The van der Waals surface area contributed by atoms with Gasteiger partial charge in [0.1, 0.15) is 5.82 Å². The first-order chi connectivity index (χ1) is 8.58. The molecule has 2 aromatic rings. The number of carbonyl (C=O) groups excluding carboxylic acids is 1. The van der Waals surface area contributed by atoms with Crippen LogP contribution in [0.1, 0.15) is 20.9 Å². The van der Waals surface area contributed by atoms with Gasteiger partial charge in [-0.2, -0.15) is 0 Å². The minimum atomic E-state index is -0.0738. The number of aryl methyl sites for hydroxylation is 1. The largest absolute Gasteiger partial charge is 0.384 e. The molecular formula is C12H14N4OS. The number of nitrogens with two attached hydrogens (primary N) is 1. The van der Waals surface area contributed by atoms with Crippen LogP contribution in [0.25, 0.3) is 0 Å². The van der Waals surface area contributed by atoms with Crippen molar-refractivity contribution in [2.75, 3.05) is 12.8 Å². The van der Waals surface area contributed by atoms with Gasteiger partial charge in [0.05, 0.1) is 23.3 Å². The van der Waals surface area contributed by atoms with Gasteiger partial charge in [-0.1, -0.05) is 0 Å². The number of carbonyl (C=O) groups is 1. The SMILES string of the molecule is Cc1ncsc1CN(C)C(=O)c1ccc(N)nc1. The fourth-order valence-corrected chi connectivity index (χ4v) is 2.35. The van der Waals surface area contributed by atoms with Crippen LogP contribution in [0.4, 0.5) is 5.82 Å². The third-order valence-electron chi connectivity index (χ3n) is 2.61. The Hall–Kier alpha value is -1.95. The summed E-state index contributed by atoms with van der Waals surface area (Å²) >= 11 is 1.55. The third-order valence-corrected chi connectivity index (χ3v) is 3.53. The summed E-state index contributed by atoms with van der Waals surface area (Å²) in [6.45, 7) is 2.49. The molecule has 5 nitrogen and oxygen atoms in total. The number of hydrogen-bond acceptors (Lipinski definition) is 5. The zero-order valence-electron chi connectivity index (χ0n) is 10.3. The molecule has 0 aliphatic carbocycles. The number of pyridine rings is 1. The van der Waals surface area contributed by atoms with E-state index >= 15 is 0 Å².